The number of aromatic nitrogens is 1. The van der Waals surface area contributed by atoms with Gasteiger partial charge in [-0.2, -0.15) is 0 Å². The van der Waals surface area contributed by atoms with Crippen LogP contribution in [0.2, 0.25) is 0 Å². The summed E-state index contributed by atoms with van der Waals surface area (Å²) in [4.78, 5) is 13.8. The largest absolute Gasteiger partial charge is 0.477 e. The van der Waals surface area contributed by atoms with Crippen molar-refractivity contribution in [2.24, 2.45) is 13.0 Å². The van der Waals surface area contributed by atoms with Crippen molar-refractivity contribution in [3.8, 4) is 0 Å². The highest BCUT2D eigenvalue weighted by Crippen LogP contribution is 2.29. The quantitative estimate of drug-likeness (QED) is 0.763. The van der Waals surface area contributed by atoms with Crippen LogP contribution in [-0.2, 0) is 13.5 Å². The number of nitrogens with zero attached hydrogens (tertiary/aromatic N) is 2. The molecule has 0 spiro atoms. The topological polar surface area (TPSA) is 45.5 Å². The van der Waals surface area contributed by atoms with Gasteiger partial charge in [0.15, 0.2) is 0 Å². The zero-order valence-corrected chi connectivity index (χ0v) is 15.1. The van der Waals surface area contributed by atoms with Gasteiger partial charge in [-0.3, -0.25) is 0 Å². The van der Waals surface area contributed by atoms with Crippen LogP contribution in [-0.4, -0.2) is 28.7 Å². The Labute approximate surface area is 153 Å². The van der Waals surface area contributed by atoms with Crippen LogP contribution in [0.5, 0.6) is 0 Å². The fourth-order valence-corrected chi connectivity index (χ4v) is 4.08. The molecule has 26 heavy (non-hydrogen) atoms. The number of anilines is 1. The molecule has 0 saturated carbocycles. The Kier molecular flexibility index (Phi) is 4.41. The van der Waals surface area contributed by atoms with Crippen molar-refractivity contribution in [3.05, 3.63) is 65.9 Å². The third kappa shape index (κ3) is 3.19. The van der Waals surface area contributed by atoms with Crippen LogP contribution >= 0.6 is 0 Å². The molecule has 4 nitrogen and oxygen atoms in total. The molecule has 0 aliphatic carbocycles. The molecule has 134 valence electrons. The van der Waals surface area contributed by atoms with Crippen LogP contribution < -0.4 is 4.90 Å². The maximum Gasteiger partial charge on any atom is 0.352 e. The summed E-state index contributed by atoms with van der Waals surface area (Å²) in [6.45, 7) is 2.11. The number of hydrogen-bond acceptors (Lipinski definition) is 2. The minimum atomic E-state index is -0.882. The van der Waals surface area contributed by atoms with Gasteiger partial charge in [0.25, 0.3) is 0 Å². The van der Waals surface area contributed by atoms with E-state index in [1.807, 2.05) is 6.07 Å². The van der Waals surface area contributed by atoms with Crippen LogP contribution in [0.3, 0.4) is 0 Å². The van der Waals surface area contributed by atoms with Gasteiger partial charge >= 0.3 is 5.97 Å². The van der Waals surface area contributed by atoms with Gasteiger partial charge in [0.1, 0.15) is 5.69 Å². The maximum atomic E-state index is 11.3. The summed E-state index contributed by atoms with van der Waals surface area (Å²) in [5.74, 6) is -0.139. The summed E-state index contributed by atoms with van der Waals surface area (Å²) in [6, 6.07) is 18.8. The fraction of sp³-hybridized carbons (Fsp3) is 0.318. The first-order chi connectivity index (χ1) is 12.6. The van der Waals surface area contributed by atoms with E-state index in [-0.39, 0.29) is 0 Å². The summed E-state index contributed by atoms with van der Waals surface area (Å²) >= 11 is 0. The lowest BCUT2D eigenvalue weighted by Crippen LogP contribution is -2.34. The van der Waals surface area contributed by atoms with Crippen molar-refractivity contribution in [2.45, 2.75) is 19.3 Å². The Hall–Kier alpha value is -2.75. The summed E-state index contributed by atoms with van der Waals surface area (Å²) in [7, 11) is 1.81. The minimum Gasteiger partial charge on any atom is -0.477 e. The number of benzene rings is 2. The molecule has 1 saturated heterocycles. The van der Waals surface area contributed by atoms with Crippen LogP contribution in [0.25, 0.3) is 10.9 Å². The van der Waals surface area contributed by atoms with Gasteiger partial charge in [-0.15, -0.1) is 0 Å². The van der Waals surface area contributed by atoms with Gasteiger partial charge in [-0.1, -0.05) is 30.3 Å². The summed E-state index contributed by atoms with van der Waals surface area (Å²) < 4.78 is 1.74. The Morgan fingerprint density at radius 1 is 1.08 bits per heavy atom. The van der Waals surface area contributed by atoms with E-state index in [2.05, 4.69) is 47.4 Å². The molecule has 4 rings (SSSR count). The molecule has 0 atom stereocenters. The van der Waals surface area contributed by atoms with E-state index in [9.17, 15) is 9.90 Å². The van der Waals surface area contributed by atoms with Crippen molar-refractivity contribution < 1.29 is 9.90 Å². The first-order valence-corrected chi connectivity index (χ1v) is 9.23. The fourth-order valence-electron chi connectivity index (χ4n) is 4.08. The summed E-state index contributed by atoms with van der Waals surface area (Å²) in [6.07, 6.45) is 3.55. The molecule has 3 aromatic rings. The van der Waals surface area contributed by atoms with Crippen molar-refractivity contribution in [2.75, 3.05) is 18.0 Å². The van der Waals surface area contributed by atoms with Crippen LogP contribution in [0.1, 0.15) is 28.9 Å². The Morgan fingerprint density at radius 2 is 1.81 bits per heavy atom. The van der Waals surface area contributed by atoms with Crippen molar-refractivity contribution in [3.63, 3.8) is 0 Å². The third-order valence-electron chi connectivity index (χ3n) is 5.59. The number of carbonyl (C=O) groups is 1. The van der Waals surface area contributed by atoms with Gasteiger partial charge in [0, 0.05) is 36.7 Å². The molecule has 1 N–H and O–H groups in total. The van der Waals surface area contributed by atoms with Crippen molar-refractivity contribution in [1.82, 2.24) is 4.57 Å². The number of rotatable bonds is 4. The van der Waals surface area contributed by atoms with E-state index in [1.54, 1.807) is 17.7 Å². The Balaban J connectivity index is 1.46. The normalized spacial score (nSPS) is 15.5. The molecule has 1 aliphatic rings. The number of carboxylic acids is 1. The highest BCUT2D eigenvalue weighted by atomic mass is 16.4. The van der Waals surface area contributed by atoms with Gasteiger partial charge in [-0.05, 0) is 55.0 Å². The number of hydrogen-bond donors (Lipinski definition) is 1. The highest BCUT2D eigenvalue weighted by molar-refractivity contribution is 5.95. The second-order valence-electron chi connectivity index (χ2n) is 7.26. The molecule has 0 amide bonds. The van der Waals surface area contributed by atoms with E-state index in [1.165, 1.54) is 24.1 Å². The molecule has 1 aliphatic heterocycles. The number of fused-ring (bicyclic) bond motifs is 1. The van der Waals surface area contributed by atoms with Crippen molar-refractivity contribution in [1.29, 1.82) is 0 Å². The molecular formula is C22H24N2O2. The van der Waals surface area contributed by atoms with Gasteiger partial charge in [0.2, 0.25) is 0 Å². The average Bonchev–Trinajstić information content (AvgIpc) is 3.00. The molecule has 0 unspecified atom stereocenters. The monoisotopic (exact) mass is 348 g/mol. The molecule has 1 aromatic heterocycles. The number of aryl methyl sites for hydroxylation is 1. The van der Waals surface area contributed by atoms with Crippen LogP contribution in [0.15, 0.2) is 54.6 Å². The van der Waals surface area contributed by atoms with Crippen molar-refractivity contribution >= 4 is 22.6 Å². The number of piperidine rings is 1. The van der Waals surface area contributed by atoms with E-state index in [0.717, 1.165) is 36.3 Å². The Bertz CT molecular complexity index is 922. The van der Waals surface area contributed by atoms with E-state index < -0.39 is 5.97 Å². The lowest BCUT2D eigenvalue weighted by atomic mass is 9.90. The lowest BCUT2D eigenvalue weighted by molar-refractivity contribution is 0.0687. The predicted molar refractivity (Wildman–Crippen MR) is 105 cm³/mol. The number of aromatic carboxylic acids is 1. The summed E-state index contributed by atoms with van der Waals surface area (Å²) in [5.41, 5.74) is 3.92. The average molecular weight is 348 g/mol. The van der Waals surface area contributed by atoms with E-state index in [0.29, 0.717) is 5.69 Å². The Morgan fingerprint density at radius 3 is 2.50 bits per heavy atom. The second-order valence-corrected chi connectivity index (χ2v) is 7.26. The summed E-state index contributed by atoms with van der Waals surface area (Å²) in [5, 5.41) is 10.3. The number of carboxylic acid groups (broad SMARTS) is 1. The minimum absolute atomic E-state index is 0.332. The smallest absolute Gasteiger partial charge is 0.352 e. The molecule has 0 radical (unpaired) electrons. The van der Waals surface area contributed by atoms with Gasteiger partial charge in [0.05, 0.1) is 0 Å². The predicted octanol–water partition coefficient (Wildman–Crippen LogP) is 4.34. The second kappa shape index (κ2) is 6.87. The molecule has 1 fully saturated rings. The zero-order valence-electron chi connectivity index (χ0n) is 15.1. The SMILES string of the molecule is Cn1c(C(=O)O)cc2cc(N3CCC(Cc4ccccc4)CC3)ccc21. The first kappa shape index (κ1) is 16.7. The highest BCUT2D eigenvalue weighted by Gasteiger charge is 2.20. The van der Waals surface area contributed by atoms with E-state index in [4.69, 9.17) is 0 Å². The zero-order chi connectivity index (χ0) is 18.1. The lowest BCUT2D eigenvalue weighted by Gasteiger charge is -2.33. The third-order valence-corrected chi connectivity index (χ3v) is 5.59. The maximum absolute atomic E-state index is 11.3. The molecule has 2 aromatic carbocycles. The standard InChI is InChI=1S/C22H24N2O2/c1-23-20-8-7-19(14-18(20)15-21(23)22(25)26)24-11-9-17(10-12-24)13-16-5-3-2-4-6-16/h2-8,14-15,17H,9-13H2,1H3,(H,25,26). The molecule has 0 bridgehead atoms. The first-order valence-electron chi connectivity index (χ1n) is 9.23. The molecule has 4 heteroatoms. The van der Waals surface area contributed by atoms with Gasteiger partial charge < -0.3 is 14.6 Å². The molecule has 2 heterocycles. The van der Waals surface area contributed by atoms with E-state index >= 15 is 0 Å². The van der Waals surface area contributed by atoms with Gasteiger partial charge in [-0.25, -0.2) is 4.79 Å². The van der Waals surface area contributed by atoms with Crippen LogP contribution in [0, 0.1) is 5.92 Å². The molecular weight excluding hydrogens is 324 g/mol. The van der Waals surface area contributed by atoms with Crippen LogP contribution in [0.4, 0.5) is 5.69 Å².